The van der Waals surface area contributed by atoms with Crippen LogP contribution in [-0.4, -0.2) is 37.2 Å². The first kappa shape index (κ1) is 75.5. The fourth-order valence-electron chi connectivity index (χ4n) is 8.94. The summed E-state index contributed by atoms with van der Waals surface area (Å²) in [5.74, 6) is -0.911. The van der Waals surface area contributed by atoms with E-state index in [-0.39, 0.29) is 31.1 Å². The molecule has 0 fully saturated rings. The summed E-state index contributed by atoms with van der Waals surface area (Å²) in [6.07, 6.45) is 95.0. The highest BCUT2D eigenvalue weighted by Crippen LogP contribution is 2.15. The fraction of sp³-hybridized carbons (Fsp3) is 0.662. The number of unbranched alkanes of at least 4 members (excludes halogenated alkanes) is 26. The number of allylic oxidation sites excluding steroid dienone is 22. The molecule has 6 nitrogen and oxygen atoms in total. The van der Waals surface area contributed by atoms with E-state index in [1.54, 1.807) is 0 Å². The molecule has 0 rings (SSSR count). The van der Waals surface area contributed by atoms with Gasteiger partial charge in [0.15, 0.2) is 6.10 Å². The molecule has 0 saturated carbocycles. The minimum atomic E-state index is -0.787. The lowest BCUT2D eigenvalue weighted by Crippen LogP contribution is -2.30. The predicted octanol–water partition coefficient (Wildman–Crippen LogP) is 22.9. The van der Waals surface area contributed by atoms with Crippen LogP contribution in [-0.2, 0) is 28.6 Å². The van der Waals surface area contributed by atoms with Crippen LogP contribution in [0, 0.1) is 0 Å². The smallest absolute Gasteiger partial charge is 0.306 e. The Morgan fingerprint density at radius 3 is 0.762 bits per heavy atom. The summed E-state index contributed by atoms with van der Waals surface area (Å²) in [5, 5.41) is 0. The Kier molecular flexibility index (Phi) is 63.3. The van der Waals surface area contributed by atoms with Crippen LogP contribution in [0.1, 0.15) is 297 Å². The van der Waals surface area contributed by atoms with Crippen LogP contribution in [0.4, 0.5) is 0 Å². The van der Waals surface area contributed by atoms with Crippen molar-refractivity contribution in [3.63, 3.8) is 0 Å². The summed E-state index contributed by atoms with van der Waals surface area (Å²) in [5.41, 5.74) is 0. The van der Waals surface area contributed by atoms with Gasteiger partial charge in [-0.1, -0.05) is 289 Å². The number of rotatable bonds is 59. The molecule has 454 valence electrons. The third-order valence-electron chi connectivity index (χ3n) is 13.9. The maximum Gasteiger partial charge on any atom is 0.306 e. The second kappa shape index (κ2) is 67.1. The molecule has 1 unspecified atom stereocenters. The van der Waals surface area contributed by atoms with Gasteiger partial charge in [-0.25, -0.2) is 0 Å². The SMILES string of the molecule is CC/C=C\C/C=C\C/C=C\C/C=C\C/C=C\C/C=C\C/C=C\C/C=C\CCCCCCCCCCCCC(=O)OCC(COC(=O)CCCCCCCC)OC(=O)CCCCCCCC/C=C\C/C=C\C/C=C\CCCCCCC. The highest BCUT2D eigenvalue weighted by Gasteiger charge is 2.19. The average Bonchev–Trinajstić information content (AvgIpc) is 3.46. The number of hydrogen-bond donors (Lipinski definition) is 0. The monoisotopic (exact) mass is 1110 g/mol. The molecule has 0 aliphatic carbocycles. The lowest BCUT2D eigenvalue weighted by atomic mass is 10.1. The summed E-state index contributed by atoms with van der Waals surface area (Å²) >= 11 is 0. The summed E-state index contributed by atoms with van der Waals surface area (Å²) in [7, 11) is 0. The highest BCUT2D eigenvalue weighted by atomic mass is 16.6. The molecule has 0 aliphatic rings. The second-order valence-electron chi connectivity index (χ2n) is 21.6. The summed E-state index contributed by atoms with van der Waals surface area (Å²) < 4.78 is 16.8. The summed E-state index contributed by atoms with van der Waals surface area (Å²) in [6.45, 7) is 6.45. The molecular formula is C74H122O6. The van der Waals surface area contributed by atoms with Gasteiger partial charge < -0.3 is 14.2 Å². The molecule has 0 aromatic heterocycles. The van der Waals surface area contributed by atoms with E-state index < -0.39 is 6.10 Å². The number of hydrogen-bond acceptors (Lipinski definition) is 6. The van der Waals surface area contributed by atoms with Crippen LogP contribution in [0.2, 0.25) is 0 Å². The van der Waals surface area contributed by atoms with Crippen molar-refractivity contribution in [3.8, 4) is 0 Å². The van der Waals surface area contributed by atoms with Crippen LogP contribution >= 0.6 is 0 Å². The predicted molar refractivity (Wildman–Crippen MR) is 348 cm³/mol. The van der Waals surface area contributed by atoms with Crippen molar-refractivity contribution in [2.45, 2.75) is 303 Å². The largest absolute Gasteiger partial charge is 0.462 e. The number of ether oxygens (including phenoxy) is 3. The van der Waals surface area contributed by atoms with E-state index in [1.165, 1.54) is 122 Å². The third-order valence-corrected chi connectivity index (χ3v) is 13.9. The maximum atomic E-state index is 12.8. The molecule has 0 radical (unpaired) electrons. The van der Waals surface area contributed by atoms with Crippen molar-refractivity contribution in [3.05, 3.63) is 134 Å². The van der Waals surface area contributed by atoms with Crippen LogP contribution in [0.15, 0.2) is 134 Å². The number of esters is 3. The topological polar surface area (TPSA) is 78.9 Å². The van der Waals surface area contributed by atoms with E-state index in [2.05, 4.69) is 154 Å². The van der Waals surface area contributed by atoms with Gasteiger partial charge in [-0.05, 0) is 122 Å². The van der Waals surface area contributed by atoms with Crippen molar-refractivity contribution in [1.82, 2.24) is 0 Å². The van der Waals surface area contributed by atoms with E-state index in [4.69, 9.17) is 14.2 Å². The Morgan fingerprint density at radius 2 is 0.487 bits per heavy atom. The van der Waals surface area contributed by atoms with Gasteiger partial charge in [0.05, 0.1) is 0 Å². The second-order valence-corrected chi connectivity index (χ2v) is 21.6. The molecule has 6 heteroatoms. The van der Waals surface area contributed by atoms with Crippen LogP contribution in [0.5, 0.6) is 0 Å². The van der Waals surface area contributed by atoms with Crippen molar-refractivity contribution >= 4 is 17.9 Å². The molecule has 1 atom stereocenters. The van der Waals surface area contributed by atoms with Crippen molar-refractivity contribution in [1.29, 1.82) is 0 Å². The van der Waals surface area contributed by atoms with E-state index in [0.29, 0.717) is 19.3 Å². The molecule has 0 aromatic rings. The average molecular weight is 1110 g/mol. The summed E-state index contributed by atoms with van der Waals surface area (Å²) in [6, 6.07) is 0. The Balaban J connectivity index is 4.11. The first-order valence-electron chi connectivity index (χ1n) is 33.2. The Bertz CT molecular complexity index is 1700. The minimum absolute atomic E-state index is 0.0861. The molecule has 0 aliphatic heterocycles. The quantitative estimate of drug-likeness (QED) is 0.0261. The normalized spacial score (nSPS) is 13.0. The fourth-order valence-corrected chi connectivity index (χ4v) is 8.94. The Hall–Kier alpha value is -4.45. The van der Waals surface area contributed by atoms with Gasteiger partial charge >= 0.3 is 17.9 Å². The zero-order chi connectivity index (χ0) is 57.8. The zero-order valence-corrected chi connectivity index (χ0v) is 52.0. The van der Waals surface area contributed by atoms with E-state index in [1.807, 2.05) is 0 Å². The third kappa shape index (κ3) is 64.4. The van der Waals surface area contributed by atoms with Gasteiger partial charge in [0.2, 0.25) is 0 Å². The Morgan fingerprint density at radius 1 is 0.263 bits per heavy atom. The van der Waals surface area contributed by atoms with Crippen LogP contribution < -0.4 is 0 Å². The minimum Gasteiger partial charge on any atom is -0.462 e. The Labute approximate surface area is 494 Å². The molecule has 0 bridgehead atoms. The van der Waals surface area contributed by atoms with Crippen molar-refractivity contribution in [2.24, 2.45) is 0 Å². The standard InChI is InChI=1S/C74H122O6/c1-4-7-10-13-16-18-20-22-24-26-28-30-31-32-33-34-35-36-37-38-39-40-41-42-43-45-46-48-50-52-54-56-58-61-64-67-73(76)79-70-71(69-78-72(75)66-63-60-15-12-9-6-3)80-74(77)68-65-62-59-57-55-53-51-49-47-44-29-27-25-23-21-19-17-14-11-8-5-2/h7,10,16,18,21-24,27-30,32-33,35-36,38-39,41-42,47,49,71H,4-6,8-9,11-15,17,19-20,25-26,31,34,37,40,43-46,48,50-70H2,1-3H3/b10-7-,18-16-,23-21-,24-22-,29-27-,30-28-,33-32-,36-35-,39-38-,42-41-,49-47-. The molecule has 80 heavy (non-hydrogen) atoms. The lowest BCUT2D eigenvalue weighted by molar-refractivity contribution is -0.167. The molecule has 0 amide bonds. The van der Waals surface area contributed by atoms with E-state index >= 15 is 0 Å². The van der Waals surface area contributed by atoms with Gasteiger partial charge in [0.25, 0.3) is 0 Å². The number of carbonyl (C=O) groups excluding carboxylic acids is 3. The van der Waals surface area contributed by atoms with Crippen molar-refractivity contribution < 1.29 is 28.6 Å². The number of carbonyl (C=O) groups is 3. The molecule has 0 heterocycles. The summed E-state index contributed by atoms with van der Waals surface area (Å²) in [4.78, 5) is 38.0. The van der Waals surface area contributed by atoms with Gasteiger partial charge in [-0.2, -0.15) is 0 Å². The first-order valence-corrected chi connectivity index (χ1v) is 33.2. The molecular weight excluding hydrogens is 985 g/mol. The van der Waals surface area contributed by atoms with E-state index in [0.717, 1.165) is 135 Å². The highest BCUT2D eigenvalue weighted by molar-refractivity contribution is 5.71. The van der Waals surface area contributed by atoms with Crippen molar-refractivity contribution in [2.75, 3.05) is 13.2 Å². The maximum absolute atomic E-state index is 12.8. The van der Waals surface area contributed by atoms with Crippen LogP contribution in [0.3, 0.4) is 0 Å². The van der Waals surface area contributed by atoms with Gasteiger partial charge in [0, 0.05) is 19.3 Å². The molecule has 0 N–H and O–H groups in total. The van der Waals surface area contributed by atoms with Gasteiger partial charge in [-0.15, -0.1) is 0 Å². The van der Waals surface area contributed by atoms with E-state index in [9.17, 15) is 14.4 Å². The molecule has 0 aromatic carbocycles. The first-order chi connectivity index (χ1) is 39.5. The molecule has 0 spiro atoms. The van der Waals surface area contributed by atoms with Crippen LogP contribution in [0.25, 0.3) is 0 Å². The lowest BCUT2D eigenvalue weighted by Gasteiger charge is -2.18. The zero-order valence-electron chi connectivity index (χ0n) is 52.0. The van der Waals surface area contributed by atoms with Gasteiger partial charge in [-0.3, -0.25) is 14.4 Å². The molecule has 0 saturated heterocycles. The van der Waals surface area contributed by atoms with Gasteiger partial charge in [0.1, 0.15) is 13.2 Å².